The van der Waals surface area contributed by atoms with Gasteiger partial charge in [0.05, 0.1) is 24.5 Å². The fourth-order valence-electron chi connectivity index (χ4n) is 8.21. The maximum Gasteiger partial charge on any atom is 0.261 e. The van der Waals surface area contributed by atoms with Crippen LogP contribution in [0.2, 0.25) is 5.02 Å². The Hall–Kier alpha value is -2.19. The molecule has 44 heavy (non-hydrogen) atoms. The molecule has 3 aliphatic heterocycles. The van der Waals surface area contributed by atoms with Gasteiger partial charge < -0.3 is 19.5 Å². The number of aliphatic hydroxyl groups excluding tert-OH is 1. The number of carbonyl (C=O) groups is 1. The van der Waals surface area contributed by atoms with Gasteiger partial charge in [-0.25, -0.2) is 0 Å². The van der Waals surface area contributed by atoms with E-state index in [0.717, 1.165) is 93.9 Å². The van der Waals surface area contributed by atoms with Crippen LogP contribution in [0.15, 0.2) is 48.6 Å². The third-order valence-electron chi connectivity index (χ3n) is 11.0. The van der Waals surface area contributed by atoms with Gasteiger partial charge in [-0.15, -0.1) is 0 Å². The summed E-state index contributed by atoms with van der Waals surface area (Å²) in [6, 6.07) is 12.3. The van der Waals surface area contributed by atoms with Crippen molar-refractivity contribution in [2.24, 2.45) is 17.8 Å². The molecule has 6 nitrogen and oxygen atoms in total. The summed E-state index contributed by atoms with van der Waals surface area (Å²) in [7, 11) is 0. The lowest BCUT2D eigenvalue weighted by Gasteiger charge is -2.45. The fraction of sp³-hybridized carbons (Fsp3) is 0.583. The van der Waals surface area contributed by atoms with E-state index in [4.69, 9.17) is 21.1 Å². The Balaban J connectivity index is 1.22. The maximum atomic E-state index is 13.6. The predicted octanol–water partition coefficient (Wildman–Crippen LogP) is 7.11. The molecule has 5 aliphatic rings. The van der Waals surface area contributed by atoms with Gasteiger partial charge in [-0.05, 0) is 129 Å². The zero-order chi connectivity index (χ0) is 30.3. The first-order valence-electron chi connectivity index (χ1n) is 16.6. The summed E-state index contributed by atoms with van der Waals surface area (Å²) in [6.07, 6.45) is 13.2. The molecule has 2 aromatic rings. The maximum absolute atomic E-state index is 13.6. The van der Waals surface area contributed by atoms with Crippen molar-refractivity contribution in [1.29, 1.82) is 0 Å². The van der Waals surface area contributed by atoms with E-state index in [2.05, 4.69) is 34.8 Å². The second kappa shape index (κ2) is 12.9. The lowest BCUT2D eigenvalue weighted by molar-refractivity contribution is 0.0455. The van der Waals surface area contributed by atoms with Gasteiger partial charge >= 0.3 is 0 Å². The molecule has 236 valence electrons. The number of benzene rings is 2. The Bertz CT molecular complexity index is 1400. The summed E-state index contributed by atoms with van der Waals surface area (Å²) in [4.78, 5) is 16.1. The van der Waals surface area contributed by atoms with Crippen molar-refractivity contribution >= 4 is 35.1 Å². The van der Waals surface area contributed by atoms with Crippen molar-refractivity contribution in [3.63, 3.8) is 0 Å². The van der Waals surface area contributed by atoms with Crippen molar-refractivity contribution < 1.29 is 19.4 Å². The second-order valence-electron chi connectivity index (χ2n) is 13.9. The van der Waals surface area contributed by atoms with Crippen molar-refractivity contribution in [2.45, 2.75) is 87.6 Å². The van der Waals surface area contributed by atoms with E-state index in [1.165, 1.54) is 23.1 Å². The summed E-state index contributed by atoms with van der Waals surface area (Å²) in [5, 5.41) is 12.3. The number of allylic oxidation sites excluding steroid dienone is 1. The highest BCUT2D eigenvalue weighted by Crippen LogP contribution is 2.47. The number of aryl methyl sites for hydroxylation is 1. The SMILES string of the molecule is C[C@@H]1C/C=C\[C@H](O)[C@@H]2CC[C@H]2CN2C[C@@]3(CCCc4cc(Cl)ccc43)COc3ccc(cc32)C(=O)NS[C@H]1C[C@@H]1CCCO1. The zero-order valence-electron chi connectivity index (χ0n) is 25.7. The average Bonchev–Trinajstić information content (AvgIpc) is 3.47. The zero-order valence-corrected chi connectivity index (χ0v) is 27.3. The number of anilines is 1. The molecule has 0 aromatic heterocycles. The Morgan fingerprint density at radius 1 is 1.16 bits per heavy atom. The van der Waals surface area contributed by atoms with Gasteiger partial charge in [0.25, 0.3) is 5.91 Å². The van der Waals surface area contributed by atoms with Gasteiger partial charge in [-0.2, -0.15) is 0 Å². The van der Waals surface area contributed by atoms with Crippen LogP contribution in [0.3, 0.4) is 0 Å². The minimum absolute atomic E-state index is 0.0708. The third-order valence-corrected chi connectivity index (χ3v) is 12.5. The molecule has 0 unspecified atom stereocenters. The number of carbonyl (C=O) groups excluding carboxylic acids is 1. The summed E-state index contributed by atoms with van der Waals surface area (Å²) in [5.74, 6) is 1.70. The highest BCUT2D eigenvalue weighted by atomic mass is 35.5. The van der Waals surface area contributed by atoms with Crippen molar-refractivity contribution in [3.8, 4) is 5.75 Å². The van der Waals surface area contributed by atoms with Crippen LogP contribution in [0.4, 0.5) is 5.69 Å². The number of hydrogen-bond acceptors (Lipinski definition) is 6. The van der Waals surface area contributed by atoms with E-state index < -0.39 is 6.10 Å². The number of aliphatic hydroxyl groups is 1. The number of nitrogens with one attached hydrogen (secondary N) is 1. The minimum Gasteiger partial charge on any atom is -0.490 e. The van der Waals surface area contributed by atoms with Crippen LogP contribution >= 0.6 is 23.5 Å². The van der Waals surface area contributed by atoms with Crippen LogP contribution in [0.25, 0.3) is 0 Å². The molecule has 0 radical (unpaired) electrons. The number of fused-ring (bicyclic) bond motifs is 4. The molecule has 1 spiro atoms. The van der Waals surface area contributed by atoms with E-state index in [0.29, 0.717) is 24.0 Å². The fourth-order valence-corrected chi connectivity index (χ4v) is 9.44. The minimum atomic E-state index is -0.446. The Morgan fingerprint density at radius 3 is 2.89 bits per heavy atom. The highest BCUT2D eigenvalue weighted by molar-refractivity contribution is 7.98. The van der Waals surface area contributed by atoms with Crippen LogP contribution in [0.5, 0.6) is 5.75 Å². The number of ether oxygens (including phenoxy) is 2. The number of rotatable bonds is 2. The molecule has 1 saturated carbocycles. The first-order chi connectivity index (χ1) is 21.4. The molecule has 1 saturated heterocycles. The molecule has 1 amide bonds. The quantitative estimate of drug-likeness (QED) is 0.270. The van der Waals surface area contributed by atoms with Crippen LogP contribution in [0.1, 0.15) is 79.8 Å². The average molecular weight is 637 g/mol. The molecule has 2 N–H and O–H groups in total. The lowest BCUT2D eigenvalue weighted by Crippen LogP contribution is -2.49. The molecule has 2 aromatic carbocycles. The second-order valence-corrected chi connectivity index (χ2v) is 15.4. The van der Waals surface area contributed by atoms with Gasteiger partial charge in [0.15, 0.2) is 0 Å². The largest absolute Gasteiger partial charge is 0.490 e. The molecule has 2 bridgehead atoms. The van der Waals surface area contributed by atoms with Crippen LogP contribution in [-0.2, 0) is 16.6 Å². The van der Waals surface area contributed by atoms with E-state index >= 15 is 0 Å². The Morgan fingerprint density at radius 2 is 2.07 bits per heavy atom. The van der Waals surface area contributed by atoms with Gasteiger partial charge in [-0.3, -0.25) is 9.52 Å². The topological polar surface area (TPSA) is 71.0 Å². The van der Waals surface area contributed by atoms with Crippen LogP contribution in [-0.4, -0.2) is 54.8 Å². The number of hydrogen-bond donors (Lipinski definition) is 2. The van der Waals surface area contributed by atoms with E-state index in [9.17, 15) is 9.90 Å². The summed E-state index contributed by atoms with van der Waals surface area (Å²) in [6.45, 7) is 5.30. The van der Waals surface area contributed by atoms with E-state index in [1.807, 2.05) is 30.3 Å². The van der Waals surface area contributed by atoms with Crippen molar-refractivity contribution in [3.05, 3.63) is 70.3 Å². The normalized spacial score (nSPS) is 34.6. The lowest BCUT2D eigenvalue weighted by atomic mass is 9.68. The number of amides is 1. The predicted molar refractivity (Wildman–Crippen MR) is 178 cm³/mol. The molecule has 2 fully saturated rings. The standard InChI is InChI=1S/C36H45ClN2O4S/c1-23-5-2-8-32(40)29-12-9-26(29)20-39-21-36(15-3-6-24-17-27(37)11-13-30(24)36)22-43-33-14-10-25(18-31(33)39)35(41)38-44-34(23)19-28-7-4-16-42-28/h2,8,10-11,13-14,17-18,23,26,28-29,32,34,40H,3-7,9,12,15-16,19-22H2,1H3,(H,38,41)/b8-2-/t23-,26+,28+,29-,32+,34+,36+/m1/s1. The van der Waals surface area contributed by atoms with Crippen molar-refractivity contribution in [2.75, 3.05) is 31.2 Å². The summed E-state index contributed by atoms with van der Waals surface area (Å²) in [5.41, 5.74) is 4.12. The number of halogens is 1. The van der Waals surface area contributed by atoms with Crippen molar-refractivity contribution in [1.82, 2.24) is 4.72 Å². The van der Waals surface area contributed by atoms with Gasteiger partial charge in [0.2, 0.25) is 0 Å². The first kappa shape index (κ1) is 30.5. The van der Waals surface area contributed by atoms with Crippen LogP contribution < -0.4 is 14.4 Å². The smallest absolute Gasteiger partial charge is 0.261 e. The van der Waals surface area contributed by atoms with Gasteiger partial charge in [0, 0.05) is 40.9 Å². The van der Waals surface area contributed by atoms with Crippen LogP contribution in [0, 0.1) is 17.8 Å². The Labute approximate surface area is 271 Å². The Kier molecular flexibility index (Phi) is 8.93. The molecule has 2 aliphatic carbocycles. The molecule has 7 rings (SSSR count). The third kappa shape index (κ3) is 6.14. The molecule has 8 heteroatoms. The molecular weight excluding hydrogens is 592 g/mol. The monoisotopic (exact) mass is 636 g/mol. The van der Waals surface area contributed by atoms with Gasteiger partial charge in [-0.1, -0.05) is 36.7 Å². The first-order valence-corrected chi connectivity index (χ1v) is 17.9. The highest BCUT2D eigenvalue weighted by Gasteiger charge is 2.44. The molecular formula is C36H45ClN2O4S. The van der Waals surface area contributed by atoms with Gasteiger partial charge in [0.1, 0.15) is 5.75 Å². The molecule has 7 atom stereocenters. The summed E-state index contributed by atoms with van der Waals surface area (Å²) >= 11 is 7.97. The van der Waals surface area contributed by atoms with E-state index in [-0.39, 0.29) is 28.6 Å². The number of nitrogens with zero attached hydrogens (tertiary/aromatic N) is 1. The van der Waals surface area contributed by atoms with E-state index in [1.54, 1.807) is 0 Å². The molecule has 3 heterocycles. The summed E-state index contributed by atoms with van der Waals surface area (Å²) < 4.78 is 15.8.